The molecule has 0 spiro atoms. The molecular weight excluding hydrogens is 230 g/mol. The van der Waals surface area contributed by atoms with Crippen LogP contribution in [0.5, 0.6) is 0 Å². The molecule has 0 unspecified atom stereocenters. The van der Waals surface area contributed by atoms with Gasteiger partial charge in [-0.3, -0.25) is 0 Å². The molecule has 0 bridgehead atoms. The second-order valence-corrected chi connectivity index (χ2v) is 4.21. The molecule has 0 aliphatic carbocycles. The van der Waals surface area contributed by atoms with E-state index in [-0.39, 0.29) is 12.4 Å². The summed E-state index contributed by atoms with van der Waals surface area (Å²) < 4.78 is 5.22. The van der Waals surface area contributed by atoms with Crippen molar-refractivity contribution in [3.05, 3.63) is 46.0 Å². The number of furan rings is 1. The van der Waals surface area contributed by atoms with E-state index < -0.39 is 0 Å². The van der Waals surface area contributed by atoms with E-state index in [2.05, 4.69) is 23.7 Å². The van der Waals surface area contributed by atoms with Crippen LogP contribution >= 0.6 is 11.3 Å². The minimum Gasteiger partial charge on any atom is -1.00 e. The van der Waals surface area contributed by atoms with Crippen molar-refractivity contribution in [3.8, 4) is 0 Å². The van der Waals surface area contributed by atoms with E-state index in [0.29, 0.717) is 0 Å². The zero-order valence-corrected chi connectivity index (χ0v) is 10.1. The van der Waals surface area contributed by atoms with Crippen LogP contribution < -0.4 is 17.7 Å². The molecule has 15 heavy (non-hydrogen) atoms. The summed E-state index contributed by atoms with van der Waals surface area (Å²) in [5, 5.41) is 5.47. The van der Waals surface area contributed by atoms with Crippen molar-refractivity contribution in [3.63, 3.8) is 0 Å². The molecule has 0 amide bonds. The van der Waals surface area contributed by atoms with Crippen LogP contribution in [-0.4, -0.2) is 0 Å². The predicted molar refractivity (Wildman–Crippen MR) is 58.3 cm³/mol. The lowest BCUT2D eigenvalue weighted by Crippen LogP contribution is -3.00. The minimum absolute atomic E-state index is 0. The summed E-state index contributed by atoms with van der Waals surface area (Å²) in [6, 6.07) is 6.04. The van der Waals surface area contributed by atoms with Gasteiger partial charge in [0.1, 0.15) is 5.76 Å². The average molecular weight is 243 g/mol. The number of nitrogens with one attached hydrogen (secondary N) is 1. The van der Waals surface area contributed by atoms with E-state index in [1.807, 2.05) is 12.1 Å². The summed E-state index contributed by atoms with van der Waals surface area (Å²) in [7, 11) is 0. The number of halogens is 1. The molecule has 0 fully saturated rings. The van der Waals surface area contributed by atoms with Crippen molar-refractivity contribution in [2.24, 2.45) is 0 Å². The van der Waals surface area contributed by atoms with Crippen LogP contribution in [-0.2, 0) is 13.1 Å². The van der Waals surface area contributed by atoms with E-state index in [1.165, 1.54) is 10.4 Å². The van der Waals surface area contributed by atoms with Gasteiger partial charge in [-0.1, -0.05) is 0 Å². The molecule has 0 atom stereocenters. The molecule has 0 saturated heterocycles. The third-order valence-electron chi connectivity index (χ3n) is 2.13. The highest BCUT2D eigenvalue weighted by molar-refractivity contribution is 7.10. The van der Waals surface area contributed by atoms with Crippen LogP contribution in [0.2, 0.25) is 0 Å². The molecule has 1 N–H and O–H groups in total. The van der Waals surface area contributed by atoms with Gasteiger partial charge in [-0.05, 0) is 36.1 Å². The van der Waals surface area contributed by atoms with Crippen LogP contribution in [0.15, 0.2) is 34.3 Å². The molecular formula is C11H13ClNOS-. The topological polar surface area (TPSA) is 25.2 Å². The minimum atomic E-state index is 0. The second-order valence-electron chi connectivity index (χ2n) is 3.21. The third-order valence-corrected chi connectivity index (χ3v) is 3.16. The fourth-order valence-electron chi connectivity index (χ4n) is 1.30. The van der Waals surface area contributed by atoms with Gasteiger partial charge in [0.2, 0.25) is 0 Å². The largest absolute Gasteiger partial charge is 1.00 e. The Hall–Kier alpha value is -0.770. The SMILES string of the molecule is Cc1ccsc1CNCc1ccco1.[Cl-]. The molecule has 2 aromatic heterocycles. The Morgan fingerprint density at radius 2 is 2.20 bits per heavy atom. The maximum atomic E-state index is 5.22. The average Bonchev–Trinajstić information content (AvgIpc) is 2.78. The molecule has 82 valence electrons. The lowest BCUT2D eigenvalue weighted by Gasteiger charge is -2.01. The van der Waals surface area contributed by atoms with E-state index in [4.69, 9.17) is 4.42 Å². The van der Waals surface area contributed by atoms with Crippen LogP contribution in [0.1, 0.15) is 16.2 Å². The van der Waals surface area contributed by atoms with E-state index in [1.54, 1.807) is 17.6 Å². The Morgan fingerprint density at radius 1 is 1.33 bits per heavy atom. The summed E-state index contributed by atoms with van der Waals surface area (Å²) >= 11 is 1.79. The van der Waals surface area contributed by atoms with Crippen molar-refractivity contribution in [1.29, 1.82) is 0 Å². The Labute approximate surface area is 99.7 Å². The van der Waals surface area contributed by atoms with Gasteiger partial charge in [0.15, 0.2) is 0 Å². The first kappa shape index (κ1) is 12.3. The molecule has 2 nitrogen and oxygen atoms in total. The summed E-state index contributed by atoms with van der Waals surface area (Å²) in [6.07, 6.45) is 1.70. The highest BCUT2D eigenvalue weighted by Gasteiger charge is 1.99. The highest BCUT2D eigenvalue weighted by atomic mass is 35.5. The van der Waals surface area contributed by atoms with Gasteiger partial charge < -0.3 is 22.1 Å². The fraction of sp³-hybridized carbons (Fsp3) is 0.273. The van der Waals surface area contributed by atoms with Crippen LogP contribution in [0.25, 0.3) is 0 Å². The van der Waals surface area contributed by atoms with Crippen LogP contribution in [0, 0.1) is 6.92 Å². The first-order valence-corrected chi connectivity index (χ1v) is 5.50. The van der Waals surface area contributed by atoms with Gasteiger partial charge in [0.25, 0.3) is 0 Å². The zero-order valence-electron chi connectivity index (χ0n) is 8.50. The molecule has 2 heterocycles. The number of rotatable bonds is 4. The third kappa shape index (κ3) is 3.38. The van der Waals surface area contributed by atoms with E-state index in [9.17, 15) is 0 Å². The lowest BCUT2D eigenvalue weighted by atomic mass is 10.3. The molecule has 2 rings (SSSR count). The number of thiophene rings is 1. The van der Waals surface area contributed by atoms with Gasteiger partial charge in [-0.25, -0.2) is 0 Å². The van der Waals surface area contributed by atoms with Crippen LogP contribution in [0.4, 0.5) is 0 Å². The number of aryl methyl sites for hydroxylation is 1. The van der Waals surface area contributed by atoms with E-state index in [0.717, 1.165) is 18.8 Å². The van der Waals surface area contributed by atoms with Gasteiger partial charge in [-0.2, -0.15) is 0 Å². The summed E-state index contributed by atoms with van der Waals surface area (Å²) in [4.78, 5) is 1.40. The Balaban J connectivity index is 0.00000112. The monoisotopic (exact) mass is 242 g/mol. The quantitative estimate of drug-likeness (QED) is 0.813. The molecule has 4 heteroatoms. The van der Waals surface area contributed by atoms with Gasteiger partial charge in [0.05, 0.1) is 12.8 Å². The highest BCUT2D eigenvalue weighted by Crippen LogP contribution is 2.14. The van der Waals surface area contributed by atoms with E-state index >= 15 is 0 Å². The lowest BCUT2D eigenvalue weighted by molar-refractivity contribution is -0.00000338. The summed E-state index contributed by atoms with van der Waals surface area (Å²) in [6.45, 7) is 3.86. The predicted octanol–water partition coefficient (Wildman–Crippen LogP) is -0.0567. The fourth-order valence-corrected chi connectivity index (χ4v) is 2.17. The van der Waals surface area contributed by atoms with Crippen molar-refractivity contribution in [2.45, 2.75) is 20.0 Å². The number of hydrogen-bond donors (Lipinski definition) is 1. The molecule has 0 aliphatic rings. The second kappa shape index (κ2) is 5.95. The molecule has 2 aromatic rings. The maximum Gasteiger partial charge on any atom is 0.117 e. The van der Waals surface area contributed by atoms with Crippen molar-refractivity contribution >= 4 is 11.3 Å². The summed E-state index contributed by atoms with van der Waals surface area (Å²) in [5.41, 5.74) is 1.36. The Kier molecular flexibility index (Phi) is 4.88. The first-order chi connectivity index (χ1) is 6.86. The number of hydrogen-bond acceptors (Lipinski definition) is 3. The normalized spacial score (nSPS) is 9.93. The van der Waals surface area contributed by atoms with Gasteiger partial charge in [0, 0.05) is 11.4 Å². The molecule has 0 aliphatic heterocycles. The maximum absolute atomic E-state index is 5.22. The zero-order chi connectivity index (χ0) is 9.80. The molecule has 0 aromatic carbocycles. The Morgan fingerprint density at radius 3 is 2.80 bits per heavy atom. The molecule has 0 radical (unpaired) electrons. The Bertz CT molecular complexity index is 383. The summed E-state index contributed by atoms with van der Waals surface area (Å²) in [5.74, 6) is 0.985. The standard InChI is InChI=1S/C11H13NOS.ClH/c1-9-4-6-14-11(9)8-12-7-10-3-2-5-13-10;/h2-6,12H,7-8H2,1H3;1H/p-1. The molecule has 0 saturated carbocycles. The van der Waals surface area contributed by atoms with Gasteiger partial charge >= 0.3 is 0 Å². The van der Waals surface area contributed by atoms with Crippen molar-refractivity contribution < 1.29 is 16.8 Å². The smallest absolute Gasteiger partial charge is 0.117 e. The first-order valence-electron chi connectivity index (χ1n) is 4.62. The van der Waals surface area contributed by atoms with Crippen molar-refractivity contribution in [2.75, 3.05) is 0 Å². The van der Waals surface area contributed by atoms with Gasteiger partial charge in [-0.15, -0.1) is 11.3 Å². The van der Waals surface area contributed by atoms with Crippen LogP contribution in [0.3, 0.4) is 0 Å². The van der Waals surface area contributed by atoms with Crippen molar-refractivity contribution in [1.82, 2.24) is 5.32 Å².